The van der Waals surface area contributed by atoms with Gasteiger partial charge in [-0.05, 0) is 79.8 Å². The molecule has 2 aliphatic heterocycles. The van der Waals surface area contributed by atoms with Gasteiger partial charge in [-0.25, -0.2) is 27.7 Å². The van der Waals surface area contributed by atoms with Crippen LogP contribution in [-0.2, 0) is 50.8 Å². The second kappa shape index (κ2) is 16.3. The van der Waals surface area contributed by atoms with Gasteiger partial charge in [-0.3, -0.25) is 14.4 Å². The predicted octanol–water partition coefficient (Wildman–Crippen LogP) is 3.44. The molecule has 4 atom stereocenters. The third-order valence-corrected chi connectivity index (χ3v) is 11.9. The Morgan fingerprint density at radius 2 is 1.77 bits per heavy atom. The van der Waals surface area contributed by atoms with Gasteiger partial charge < -0.3 is 47.1 Å². The Hall–Kier alpha value is -5.85. The molecule has 1 aliphatic carbocycles. The molecule has 4 heterocycles. The maximum absolute atomic E-state index is 15.8. The first kappa shape index (κ1) is 42.3. The summed E-state index contributed by atoms with van der Waals surface area (Å²) in [7, 11) is 0. The van der Waals surface area contributed by atoms with Crippen LogP contribution in [0.2, 0.25) is 0 Å². The summed E-state index contributed by atoms with van der Waals surface area (Å²) in [5.74, 6) is -4.85. The number of cyclic esters (lactones) is 1. The number of nitrogens with two attached hydrogens (primary N) is 2. The van der Waals surface area contributed by atoms with Gasteiger partial charge in [0, 0.05) is 53.0 Å². The number of primary amides is 1. The SMILES string of the molecule is CC[C@@]1(O)C(=O)OCc2c1cc1n(c2=O)Cc2c-1nc1cc(F)c(C)c3c1c2[C@@H](NCc1c(F)cc(NC(=O)C(CCCNC(N)=O)NC(=O)C(N)C(C)C)cc1F)CC3. The Morgan fingerprint density at radius 3 is 2.43 bits per heavy atom. The molecule has 9 N–H and O–H groups in total. The molecule has 0 bridgehead atoms. The van der Waals surface area contributed by atoms with Crippen LogP contribution < -0.4 is 38.3 Å². The number of ether oxygens (including phenoxy) is 1. The van der Waals surface area contributed by atoms with Crippen molar-refractivity contribution in [3.63, 3.8) is 0 Å². The molecule has 60 heavy (non-hydrogen) atoms. The summed E-state index contributed by atoms with van der Waals surface area (Å²) in [6, 6.07) is 1.43. The number of anilines is 1. The Kier molecular flexibility index (Phi) is 11.5. The minimum Gasteiger partial charge on any atom is -0.458 e. The fourth-order valence-electron chi connectivity index (χ4n) is 8.41. The zero-order chi connectivity index (χ0) is 43.4. The molecule has 2 unspecified atom stereocenters. The number of pyridine rings is 2. The zero-order valence-electron chi connectivity index (χ0n) is 33.6. The minimum absolute atomic E-state index is 0.0464. The molecule has 0 radical (unpaired) electrons. The fraction of sp³-hybridized carbons (Fsp3) is 0.429. The molecule has 3 aliphatic rings. The van der Waals surface area contributed by atoms with Crippen molar-refractivity contribution in [2.24, 2.45) is 17.4 Å². The maximum atomic E-state index is 15.8. The number of hydrogen-bond donors (Lipinski definition) is 7. The number of aryl methyl sites for hydroxylation is 1. The van der Waals surface area contributed by atoms with Gasteiger partial charge in [-0.1, -0.05) is 20.8 Å². The van der Waals surface area contributed by atoms with Gasteiger partial charge >= 0.3 is 12.0 Å². The van der Waals surface area contributed by atoms with E-state index in [-0.39, 0.29) is 73.8 Å². The van der Waals surface area contributed by atoms with E-state index in [2.05, 4.69) is 21.3 Å². The normalized spacial score (nSPS) is 18.6. The Bertz CT molecular complexity index is 2500. The van der Waals surface area contributed by atoms with E-state index in [9.17, 15) is 29.1 Å². The molecule has 0 saturated heterocycles. The van der Waals surface area contributed by atoms with Gasteiger partial charge in [0.2, 0.25) is 11.8 Å². The van der Waals surface area contributed by atoms with Crippen LogP contribution in [0, 0.1) is 30.3 Å². The van der Waals surface area contributed by atoms with E-state index in [0.717, 1.165) is 17.7 Å². The number of carbonyl (C=O) groups is 4. The summed E-state index contributed by atoms with van der Waals surface area (Å²) < 4.78 is 53.7. The van der Waals surface area contributed by atoms with E-state index in [1.807, 2.05) is 0 Å². The molecule has 18 heteroatoms. The van der Waals surface area contributed by atoms with Crippen LogP contribution in [-0.4, -0.2) is 57.1 Å². The van der Waals surface area contributed by atoms with Crippen molar-refractivity contribution >= 4 is 40.4 Å². The monoisotopic (exact) mass is 832 g/mol. The zero-order valence-corrected chi connectivity index (χ0v) is 33.6. The molecule has 4 amide bonds. The molecule has 318 valence electrons. The summed E-state index contributed by atoms with van der Waals surface area (Å²) in [6.45, 7) is 6.31. The number of fused-ring (bicyclic) bond motifs is 5. The van der Waals surface area contributed by atoms with Crippen LogP contribution in [0.1, 0.15) is 91.4 Å². The van der Waals surface area contributed by atoms with Crippen LogP contribution in [0.3, 0.4) is 0 Å². The van der Waals surface area contributed by atoms with Gasteiger partial charge in [0.25, 0.3) is 5.56 Å². The number of aromatic nitrogens is 2. The van der Waals surface area contributed by atoms with E-state index in [1.165, 1.54) is 10.6 Å². The number of nitrogens with zero attached hydrogens (tertiary/aromatic N) is 2. The number of hydrogen-bond acceptors (Lipinski definition) is 10. The number of halogens is 3. The second-order valence-corrected chi connectivity index (χ2v) is 16.0. The van der Waals surface area contributed by atoms with Crippen LogP contribution in [0.25, 0.3) is 22.3 Å². The van der Waals surface area contributed by atoms with Crippen molar-refractivity contribution in [3.8, 4) is 11.4 Å². The number of rotatable bonds is 13. The highest BCUT2D eigenvalue weighted by Crippen LogP contribution is 2.46. The summed E-state index contributed by atoms with van der Waals surface area (Å²) in [6.07, 6.45) is 1.07. The number of aliphatic hydroxyl groups is 1. The molecule has 2 aromatic heterocycles. The van der Waals surface area contributed by atoms with Crippen LogP contribution >= 0.6 is 0 Å². The Labute approximate surface area is 342 Å². The van der Waals surface area contributed by atoms with Crippen LogP contribution in [0.4, 0.5) is 23.7 Å². The van der Waals surface area contributed by atoms with Crippen molar-refractivity contribution in [1.82, 2.24) is 25.5 Å². The average molecular weight is 833 g/mol. The summed E-state index contributed by atoms with van der Waals surface area (Å²) in [4.78, 5) is 68.7. The molecule has 7 rings (SSSR count). The van der Waals surface area contributed by atoms with Crippen molar-refractivity contribution in [1.29, 1.82) is 0 Å². The van der Waals surface area contributed by atoms with E-state index in [0.29, 0.717) is 51.8 Å². The van der Waals surface area contributed by atoms with Gasteiger partial charge in [0.15, 0.2) is 5.60 Å². The molecule has 4 aromatic rings. The number of amides is 4. The lowest BCUT2D eigenvalue weighted by atomic mass is 9.81. The van der Waals surface area contributed by atoms with Gasteiger partial charge in [0.05, 0.1) is 35.1 Å². The summed E-state index contributed by atoms with van der Waals surface area (Å²) >= 11 is 0. The molecular formula is C42H47F3N8O7. The van der Waals surface area contributed by atoms with E-state index < -0.39 is 70.6 Å². The van der Waals surface area contributed by atoms with E-state index >= 15 is 13.2 Å². The van der Waals surface area contributed by atoms with Gasteiger partial charge in [0.1, 0.15) is 30.1 Å². The largest absolute Gasteiger partial charge is 0.458 e. The molecule has 0 spiro atoms. The standard InChI is InChI=1S/C42H47F3N8O7/c1-5-42(59)25-13-32-36-23(16-53(32)39(56)24(25)17-60-40(42)57)34-29(9-8-21-19(4)26(43)14-31(51-36)33(21)34)49-15-22-27(44)11-20(12-28(22)45)50-37(54)30(7-6-10-48-41(47)58)52-38(55)35(46)18(2)3/h11-14,18,29-30,35,49,59H,5-10,15-17,46H2,1-4H3,(H,50,54)(H,52,55)(H3,47,48,58)/t29-,30?,35?,42-/m0/s1. The summed E-state index contributed by atoms with van der Waals surface area (Å²) in [5.41, 5.74) is 11.8. The van der Waals surface area contributed by atoms with Crippen LogP contribution in [0.15, 0.2) is 29.1 Å². The van der Waals surface area contributed by atoms with Gasteiger partial charge in [-0.2, -0.15) is 0 Å². The van der Waals surface area contributed by atoms with Gasteiger partial charge in [-0.15, -0.1) is 0 Å². The quantitative estimate of drug-likeness (QED) is 0.0675. The lowest BCUT2D eigenvalue weighted by Gasteiger charge is -2.31. The highest BCUT2D eigenvalue weighted by atomic mass is 19.1. The molecule has 15 nitrogen and oxygen atoms in total. The third-order valence-electron chi connectivity index (χ3n) is 11.9. The highest BCUT2D eigenvalue weighted by molar-refractivity contribution is 5.98. The van der Waals surface area contributed by atoms with E-state index in [4.69, 9.17) is 21.2 Å². The van der Waals surface area contributed by atoms with Crippen molar-refractivity contribution in [3.05, 3.63) is 91.0 Å². The number of benzene rings is 2. The topological polar surface area (TPSA) is 233 Å². The maximum Gasteiger partial charge on any atom is 0.343 e. The molecular weight excluding hydrogens is 786 g/mol. The van der Waals surface area contributed by atoms with E-state index in [1.54, 1.807) is 33.8 Å². The fourth-order valence-corrected chi connectivity index (χ4v) is 8.41. The highest BCUT2D eigenvalue weighted by Gasteiger charge is 2.46. The number of urea groups is 1. The first-order chi connectivity index (χ1) is 28.4. The number of nitrogens with one attached hydrogen (secondary N) is 4. The first-order valence-corrected chi connectivity index (χ1v) is 19.9. The second-order valence-electron chi connectivity index (χ2n) is 16.0. The summed E-state index contributed by atoms with van der Waals surface area (Å²) in [5, 5.41) is 22.8. The smallest absolute Gasteiger partial charge is 0.343 e. The molecule has 0 saturated carbocycles. The van der Waals surface area contributed by atoms with Crippen molar-refractivity contribution in [2.75, 3.05) is 11.9 Å². The van der Waals surface area contributed by atoms with Crippen molar-refractivity contribution < 1.29 is 42.2 Å². The lowest BCUT2D eigenvalue weighted by Crippen LogP contribution is -2.51. The Balaban J connectivity index is 1.17. The van der Waals surface area contributed by atoms with Crippen molar-refractivity contribution in [2.45, 2.75) is 103 Å². The molecule has 0 fully saturated rings. The molecule has 2 aromatic carbocycles. The average Bonchev–Trinajstić information content (AvgIpc) is 3.57. The number of carbonyl (C=O) groups excluding carboxylic acids is 4. The predicted molar refractivity (Wildman–Crippen MR) is 214 cm³/mol. The van der Waals surface area contributed by atoms with Crippen LogP contribution in [0.5, 0.6) is 0 Å². The Morgan fingerprint density at radius 1 is 1.05 bits per heavy atom. The number of esters is 1. The first-order valence-electron chi connectivity index (χ1n) is 19.9. The lowest BCUT2D eigenvalue weighted by molar-refractivity contribution is -0.172. The third kappa shape index (κ3) is 7.47. The minimum atomic E-state index is -2.05.